The van der Waals surface area contributed by atoms with Gasteiger partial charge in [-0.15, -0.1) is 0 Å². The molecule has 9 nitrogen and oxygen atoms in total. The summed E-state index contributed by atoms with van der Waals surface area (Å²) in [7, 11) is 0. The molecule has 2 amide bonds. The van der Waals surface area contributed by atoms with E-state index in [9.17, 15) is 9.90 Å². The first kappa shape index (κ1) is 21.3. The molecule has 0 spiro atoms. The number of rotatable bonds is 5. The molecule has 2 heterocycles. The molecule has 3 aromatic rings. The van der Waals surface area contributed by atoms with E-state index in [0.717, 1.165) is 35.1 Å². The molecular weight excluding hydrogens is 422 g/mol. The highest BCUT2D eigenvalue weighted by molar-refractivity contribution is 5.76. The minimum absolute atomic E-state index is 0.0273. The van der Waals surface area contributed by atoms with E-state index in [2.05, 4.69) is 15.5 Å². The molecule has 1 aliphatic heterocycles. The van der Waals surface area contributed by atoms with E-state index in [4.69, 9.17) is 15.0 Å². The highest BCUT2D eigenvalue weighted by Crippen LogP contribution is 2.38. The summed E-state index contributed by atoms with van der Waals surface area (Å²) in [5.41, 5.74) is 10.4. The van der Waals surface area contributed by atoms with Crippen LogP contribution in [-0.4, -0.2) is 51.5 Å². The number of hydrogen-bond acceptors (Lipinski definition) is 7. The molecule has 1 aromatic heterocycles. The fourth-order valence-electron chi connectivity index (χ4n) is 4.37. The number of amides is 2. The molecule has 1 atom stereocenters. The van der Waals surface area contributed by atoms with Crippen LogP contribution in [0.4, 0.5) is 10.5 Å². The molecule has 0 bridgehead atoms. The molecule has 0 radical (unpaired) electrons. The van der Waals surface area contributed by atoms with Crippen molar-refractivity contribution in [3.63, 3.8) is 0 Å². The second-order valence-electron chi connectivity index (χ2n) is 8.82. The first-order valence-electron chi connectivity index (χ1n) is 11.1. The molecule has 1 saturated heterocycles. The van der Waals surface area contributed by atoms with Gasteiger partial charge in [0.1, 0.15) is 5.75 Å². The Morgan fingerprint density at radius 3 is 2.85 bits per heavy atom. The van der Waals surface area contributed by atoms with Crippen LogP contribution in [0.1, 0.15) is 37.4 Å². The quantitative estimate of drug-likeness (QED) is 0.511. The number of likely N-dealkylation sites (tertiary alicyclic amines) is 1. The van der Waals surface area contributed by atoms with Gasteiger partial charge in [-0.05, 0) is 56.0 Å². The Labute approximate surface area is 191 Å². The molecule has 0 unspecified atom stereocenters. The summed E-state index contributed by atoms with van der Waals surface area (Å²) in [5.74, 6) is 1.50. The summed E-state index contributed by atoms with van der Waals surface area (Å²) in [6.07, 6.45) is 1.21. The van der Waals surface area contributed by atoms with Crippen LogP contribution in [-0.2, 0) is 6.42 Å². The Morgan fingerprint density at radius 2 is 2.12 bits per heavy atom. The number of carbonyl (C=O) groups excluding carboxylic acids is 1. The number of anilines is 1. The zero-order valence-corrected chi connectivity index (χ0v) is 18.6. The van der Waals surface area contributed by atoms with Gasteiger partial charge in [0, 0.05) is 11.1 Å². The monoisotopic (exact) mass is 449 g/mol. The van der Waals surface area contributed by atoms with Gasteiger partial charge in [0.25, 0.3) is 5.89 Å². The number of nitrogens with one attached hydrogen (secondary N) is 1. The van der Waals surface area contributed by atoms with E-state index in [1.54, 1.807) is 17.0 Å². The largest absolute Gasteiger partial charge is 0.489 e. The number of nitrogens with zero attached hydrogens (tertiary/aromatic N) is 3. The fraction of sp³-hybridized carbons (Fsp3) is 0.375. The second kappa shape index (κ2) is 8.40. The maximum Gasteiger partial charge on any atom is 0.318 e. The number of aromatic nitrogens is 2. The number of ether oxygens (including phenoxy) is 1. The lowest BCUT2D eigenvalue weighted by Gasteiger charge is -2.36. The number of fused-ring (bicyclic) bond motifs is 1. The lowest BCUT2D eigenvalue weighted by atomic mass is 10.0. The smallest absolute Gasteiger partial charge is 0.318 e. The van der Waals surface area contributed by atoms with Gasteiger partial charge in [0.15, 0.2) is 0 Å². The lowest BCUT2D eigenvalue weighted by molar-refractivity contribution is 0.0257. The normalized spacial score (nSPS) is 17.7. The van der Waals surface area contributed by atoms with Gasteiger partial charge in [0.05, 0.1) is 37.0 Å². The molecular formula is C24H27N5O4. The van der Waals surface area contributed by atoms with E-state index in [1.807, 2.05) is 38.1 Å². The number of nitrogen functional groups attached to an aromatic ring is 1. The molecule has 4 N–H and O–H groups in total. The van der Waals surface area contributed by atoms with Gasteiger partial charge in [-0.25, -0.2) is 4.79 Å². The SMILES string of the molecule is CC(C)Oc1ccc(-c2nc(-c3cccc4c3CC[C@@H]4NC(=O)N3CC(O)C3)no2)cc1N. The summed E-state index contributed by atoms with van der Waals surface area (Å²) in [5, 5.41) is 16.7. The number of hydrogen-bond donors (Lipinski definition) is 3. The number of aliphatic hydroxyl groups is 1. The molecule has 172 valence electrons. The average Bonchev–Trinajstić information content (AvgIpc) is 3.40. The van der Waals surface area contributed by atoms with Crippen molar-refractivity contribution in [2.24, 2.45) is 0 Å². The number of urea groups is 1. The van der Waals surface area contributed by atoms with Crippen LogP contribution in [0.25, 0.3) is 22.8 Å². The Kier molecular flexibility index (Phi) is 5.41. The van der Waals surface area contributed by atoms with Gasteiger partial charge in [0.2, 0.25) is 5.82 Å². The molecule has 2 aromatic carbocycles. The standard InChI is InChI=1S/C24H27N5O4/c1-13(2)32-21-9-6-14(10-19(21)25)23-27-22(28-33-23)18-5-3-4-17-16(18)7-8-20(17)26-24(31)29-11-15(30)12-29/h3-6,9-10,13,15,20,30H,7-8,11-12,25H2,1-2H3,(H,26,31)/t20-/m0/s1. The summed E-state index contributed by atoms with van der Waals surface area (Å²) in [6, 6.07) is 11.1. The number of nitrogens with two attached hydrogens (primary N) is 1. The molecule has 33 heavy (non-hydrogen) atoms. The van der Waals surface area contributed by atoms with Crippen molar-refractivity contribution < 1.29 is 19.2 Å². The van der Waals surface area contributed by atoms with Crippen LogP contribution in [0, 0.1) is 0 Å². The minimum Gasteiger partial charge on any atom is -0.489 e. The van der Waals surface area contributed by atoms with E-state index < -0.39 is 6.10 Å². The van der Waals surface area contributed by atoms with Gasteiger partial charge in [-0.2, -0.15) is 4.98 Å². The van der Waals surface area contributed by atoms with E-state index >= 15 is 0 Å². The first-order valence-corrected chi connectivity index (χ1v) is 11.1. The Bertz CT molecular complexity index is 1190. The van der Waals surface area contributed by atoms with Crippen LogP contribution in [0.5, 0.6) is 5.75 Å². The van der Waals surface area contributed by atoms with Crippen molar-refractivity contribution in [3.8, 4) is 28.6 Å². The average molecular weight is 450 g/mol. The Balaban J connectivity index is 1.36. The Morgan fingerprint density at radius 1 is 1.30 bits per heavy atom. The van der Waals surface area contributed by atoms with Crippen molar-refractivity contribution in [2.75, 3.05) is 18.8 Å². The fourth-order valence-corrected chi connectivity index (χ4v) is 4.37. The summed E-state index contributed by atoms with van der Waals surface area (Å²) >= 11 is 0. The van der Waals surface area contributed by atoms with Crippen LogP contribution in [0.2, 0.25) is 0 Å². The van der Waals surface area contributed by atoms with Gasteiger partial charge >= 0.3 is 6.03 Å². The molecule has 2 aliphatic rings. The molecule has 0 saturated carbocycles. The molecule has 9 heteroatoms. The Hall–Kier alpha value is -3.59. The predicted octanol–water partition coefficient (Wildman–Crippen LogP) is 3.15. The number of benzene rings is 2. The van der Waals surface area contributed by atoms with E-state index in [1.165, 1.54) is 0 Å². The van der Waals surface area contributed by atoms with Crippen molar-refractivity contribution in [1.29, 1.82) is 0 Å². The maximum atomic E-state index is 12.4. The minimum atomic E-state index is -0.417. The second-order valence-corrected chi connectivity index (χ2v) is 8.82. The summed E-state index contributed by atoms with van der Waals surface area (Å²) < 4.78 is 11.2. The predicted molar refractivity (Wildman–Crippen MR) is 123 cm³/mol. The van der Waals surface area contributed by atoms with Crippen LogP contribution in [0.3, 0.4) is 0 Å². The van der Waals surface area contributed by atoms with Crippen molar-refractivity contribution in [3.05, 3.63) is 47.5 Å². The third-order valence-corrected chi connectivity index (χ3v) is 6.00. The van der Waals surface area contributed by atoms with E-state index in [-0.39, 0.29) is 18.2 Å². The number of carbonyl (C=O) groups is 1. The highest BCUT2D eigenvalue weighted by atomic mass is 16.5. The third-order valence-electron chi connectivity index (χ3n) is 6.00. The lowest BCUT2D eigenvalue weighted by Crippen LogP contribution is -2.57. The number of aliphatic hydroxyl groups excluding tert-OH is 1. The third kappa shape index (κ3) is 4.11. The van der Waals surface area contributed by atoms with Gasteiger partial charge in [-0.1, -0.05) is 23.4 Å². The zero-order chi connectivity index (χ0) is 23.1. The first-order chi connectivity index (χ1) is 15.9. The number of β-amino-alcohol motifs (C(OH)–C–C–N with tert-alkyl or cyclic N) is 1. The zero-order valence-electron chi connectivity index (χ0n) is 18.6. The van der Waals surface area contributed by atoms with Crippen LogP contribution < -0.4 is 15.8 Å². The van der Waals surface area contributed by atoms with Crippen LogP contribution in [0.15, 0.2) is 40.9 Å². The van der Waals surface area contributed by atoms with E-state index in [0.29, 0.717) is 36.2 Å². The summed E-state index contributed by atoms with van der Waals surface area (Å²) in [4.78, 5) is 18.6. The summed E-state index contributed by atoms with van der Waals surface area (Å²) in [6.45, 7) is 4.65. The molecule has 5 rings (SSSR count). The molecule has 1 aliphatic carbocycles. The topological polar surface area (TPSA) is 127 Å². The van der Waals surface area contributed by atoms with Gasteiger partial charge < -0.3 is 30.3 Å². The van der Waals surface area contributed by atoms with Gasteiger partial charge in [-0.3, -0.25) is 0 Å². The van der Waals surface area contributed by atoms with Crippen molar-refractivity contribution in [1.82, 2.24) is 20.4 Å². The van der Waals surface area contributed by atoms with Crippen molar-refractivity contribution >= 4 is 11.7 Å². The van der Waals surface area contributed by atoms with Crippen molar-refractivity contribution in [2.45, 2.75) is 44.9 Å². The highest BCUT2D eigenvalue weighted by Gasteiger charge is 2.33. The van der Waals surface area contributed by atoms with Crippen LogP contribution >= 0.6 is 0 Å². The molecule has 1 fully saturated rings. The maximum absolute atomic E-state index is 12.4.